The van der Waals surface area contributed by atoms with Crippen LogP contribution in [0, 0.1) is 0 Å². The lowest BCUT2D eigenvalue weighted by atomic mass is 10.4. The van der Waals surface area contributed by atoms with Crippen molar-refractivity contribution in [1.82, 2.24) is 0 Å². The van der Waals surface area contributed by atoms with Crippen LogP contribution >= 0.6 is 21.6 Å². The first-order chi connectivity index (χ1) is 7.86. The molecule has 0 spiro atoms. The molecule has 0 aromatic carbocycles. The minimum absolute atomic E-state index is 0.329. The van der Waals surface area contributed by atoms with E-state index in [4.69, 9.17) is 18.9 Å². The van der Waals surface area contributed by atoms with Gasteiger partial charge in [-0.1, -0.05) is 21.6 Å². The van der Waals surface area contributed by atoms with E-state index >= 15 is 0 Å². The van der Waals surface area contributed by atoms with Crippen LogP contribution in [0.15, 0.2) is 22.0 Å². The Morgan fingerprint density at radius 1 is 0.875 bits per heavy atom. The SMILES string of the molecule is COCOCC1=CC=C(COCOC)SS1. The summed E-state index contributed by atoms with van der Waals surface area (Å²) >= 11 is 0. The van der Waals surface area contributed by atoms with Crippen molar-refractivity contribution in [1.29, 1.82) is 0 Å². The third-order valence-corrected chi connectivity index (χ3v) is 4.16. The Morgan fingerprint density at radius 3 is 1.62 bits per heavy atom. The van der Waals surface area contributed by atoms with Gasteiger partial charge in [0.15, 0.2) is 0 Å². The molecule has 92 valence electrons. The van der Waals surface area contributed by atoms with Gasteiger partial charge in [0.05, 0.1) is 13.2 Å². The van der Waals surface area contributed by atoms with Crippen LogP contribution in [0.4, 0.5) is 0 Å². The summed E-state index contributed by atoms with van der Waals surface area (Å²) in [6.45, 7) is 1.84. The average molecular weight is 264 g/mol. The van der Waals surface area contributed by atoms with Crippen molar-refractivity contribution in [3.05, 3.63) is 22.0 Å². The second-order valence-corrected chi connectivity index (χ2v) is 5.32. The summed E-state index contributed by atoms with van der Waals surface area (Å²) in [5.74, 6) is 0. The molecule has 0 saturated heterocycles. The summed E-state index contributed by atoms with van der Waals surface area (Å²) in [4.78, 5) is 2.36. The van der Waals surface area contributed by atoms with Crippen LogP contribution in [0.5, 0.6) is 0 Å². The Kier molecular flexibility index (Phi) is 8.00. The predicted molar refractivity (Wildman–Crippen MR) is 67.0 cm³/mol. The number of hydrogen-bond donors (Lipinski definition) is 0. The molecule has 0 fully saturated rings. The van der Waals surface area contributed by atoms with E-state index in [1.807, 2.05) is 12.2 Å². The molecule has 0 aromatic heterocycles. The van der Waals surface area contributed by atoms with Gasteiger partial charge in [0.25, 0.3) is 0 Å². The Bertz CT molecular complexity index is 227. The molecule has 1 rings (SSSR count). The van der Waals surface area contributed by atoms with Gasteiger partial charge in [-0.25, -0.2) is 0 Å². The lowest BCUT2D eigenvalue weighted by Crippen LogP contribution is -2.02. The Morgan fingerprint density at radius 2 is 1.31 bits per heavy atom. The van der Waals surface area contributed by atoms with Gasteiger partial charge in [-0.3, -0.25) is 0 Å². The molecule has 16 heavy (non-hydrogen) atoms. The first-order valence-electron chi connectivity index (χ1n) is 4.74. The summed E-state index contributed by atoms with van der Waals surface area (Å²) in [7, 11) is 6.60. The fourth-order valence-electron chi connectivity index (χ4n) is 0.944. The van der Waals surface area contributed by atoms with Crippen LogP contribution < -0.4 is 0 Å². The van der Waals surface area contributed by atoms with Crippen molar-refractivity contribution in [3.63, 3.8) is 0 Å². The van der Waals surface area contributed by atoms with Crippen LogP contribution in [0.2, 0.25) is 0 Å². The van der Waals surface area contributed by atoms with Crippen LogP contribution in [0.25, 0.3) is 0 Å². The molecule has 0 radical (unpaired) electrons. The van der Waals surface area contributed by atoms with Gasteiger partial charge >= 0.3 is 0 Å². The maximum atomic E-state index is 5.25. The zero-order chi connectivity index (χ0) is 11.6. The minimum atomic E-state index is 0.329. The summed E-state index contributed by atoms with van der Waals surface area (Å²) in [6.07, 6.45) is 4.09. The van der Waals surface area contributed by atoms with E-state index in [0.29, 0.717) is 26.8 Å². The van der Waals surface area contributed by atoms with E-state index in [9.17, 15) is 0 Å². The van der Waals surface area contributed by atoms with Crippen LogP contribution in [-0.4, -0.2) is 41.0 Å². The monoisotopic (exact) mass is 264 g/mol. The Hall–Kier alpha value is 0.0200. The van der Waals surface area contributed by atoms with E-state index in [2.05, 4.69) is 0 Å². The molecule has 0 bridgehead atoms. The quantitative estimate of drug-likeness (QED) is 0.381. The van der Waals surface area contributed by atoms with E-state index in [0.717, 1.165) is 0 Å². The van der Waals surface area contributed by atoms with Crippen molar-refractivity contribution >= 4 is 21.6 Å². The first-order valence-corrected chi connectivity index (χ1v) is 6.89. The molecule has 0 amide bonds. The van der Waals surface area contributed by atoms with Crippen LogP contribution in [0.3, 0.4) is 0 Å². The van der Waals surface area contributed by atoms with Crippen LogP contribution in [0.1, 0.15) is 0 Å². The third-order valence-electron chi connectivity index (χ3n) is 1.60. The number of methoxy groups -OCH3 is 2. The lowest BCUT2D eigenvalue weighted by Gasteiger charge is -2.13. The molecule has 0 unspecified atom stereocenters. The van der Waals surface area contributed by atoms with Gasteiger partial charge in [-0.2, -0.15) is 0 Å². The number of allylic oxidation sites excluding steroid dienone is 2. The molecule has 4 nitrogen and oxygen atoms in total. The maximum absolute atomic E-state index is 5.25. The van der Waals surface area contributed by atoms with Crippen molar-refractivity contribution in [2.45, 2.75) is 0 Å². The molecular weight excluding hydrogens is 248 g/mol. The van der Waals surface area contributed by atoms with Crippen molar-refractivity contribution in [2.75, 3.05) is 41.0 Å². The molecule has 0 aliphatic carbocycles. The summed E-state index contributed by atoms with van der Waals surface area (Å²) < 4.78 is 20.1. The van der Waals surface area contributed by atoms with E-state index < -0.39 is 0 Å². The summed E-state index contributed by atoms with van der Waals surface area (Å²) in [5, 5.41) is 0. The van der Waals surface area contributed by atoms with Gasteiger partial charge in [0.1, 0.15) is 13.6 Å². The van der Waals surface area contributed by atoms with Gasteiger partial charge in [0, 0.05) is 24.0 Å². The highest BCUT2D eigenvalue weighted by Crippen LogP contribution is 2.39. The standard InChI is InChI=1S/C10H16O4S2/c1-11-7-13-5-9-3-4-10(16-15-9)6-14-8-12-2/h3-4H,5-8H2,1-2H3. The normalized spacial score (nSPS) is 15.9. The minimum Gasteiger partial charge on any atom is -0.359 e. The second-order valence-electron chi connectivity index (χ2n) is 2.94. The van der Waals surface area contributed by atoms with Crippen molar-refractivity contribution in [2.24, 2.45) is 0 Å². The highest BCUT2D eigenvalue weighted by Gasteiger charge is 2.08. The average Bonchev–Trinajstić information content (AvgIpc) is 2.32. The maximum Gasteiger partial charge on any atom is 0.146 e. The largest absolute Gasteiger partial charge is 0.359 e. The molecule has 6 heteroatoms. The van der Waals surface area contributed by atoms with Crippen molar-refractivity contribution in [3.8, 4) is 0 Å². The highest BCUT2D eigenvalue weighted by atomic mass is 33.1. The zero-order valence-corrected chi connectivity index (χ0v) is 11.1. The molecule has 0 saturated carbocycles. The number of rotatable bonds is 8. The Labute approximate surface area is 104 Å². The molecule has 1 aliphatic rings. The molecular formula is C10H16O4S2. The summed E-state index contributed by atoms with van der Waals surface area (Å²) in [6, 6.07) is 0. The molecule has 1 heterocycles. The van der Waals surface area contributed by atoms with Gasteiger partial charge < -0.3 is 18.9 Å². The van der Waals surface area contributed by atoms with E-state index in [-0.39, 0.29) is 0 Å². The predicted octanol–water partition coefficient (Wildman–Crippen LogP) is 2.39. The van der Waals surface area contributed by atoms with Gasteiger partial charge in [-0.15, -0.1) is 0 Å². The first kappa shape index (κ1) is 14.1. The van der Waals surface area contributed by atoms with E-state index in [1.54, 1.807) is 35.8 Å². The highest BCUT2D eigenvalue weighted by molar-refractivity contribution is 8.79. The zero-order valence-electron chi connectivity index (χ0n) is 9.43. The molecule has 0 atom stereocenters. The fourth-order valence-corrected chi connectivity index (χ4v) is 2.93. The smallest absolute Gasteiger partial charge is 0.146 e. The number of ether oxygens (including phenoxy) is 4. The lowest BCUT2D eigenvalue weighted by molar-refractivity contribution is -0.0198. The molecule has 1 aliphatic heterocycles. The second kappa shape index (κ2) is 9.09. The third kappa shape index (κ3) is 5.93. The molecule has 0 N–H and O–H groups in total. The van der Waals surface area contributed by atoms with Gasteiger partial charge in [-0.05, 0) is 12.2 Å². The molecule has 0 aromatic rings. The van der Waals surface area contributed by atoms with E-state index in [1.165, 1.54) is 9.81 Å². The van der Waals surface area contributed by atoms with Gasteiger partial charge in [0.2, 0.25) is 0 Å². The number of hydrogen-bond acceptors (Lipinski definition) is 6. The Balaban J connectivity index is 2.21. The topological polar surface area (TPSA) is 36.9 Å². The van der Waals surface area contributed by atoms with Crippen molar-refractivity contribution < 1.29 is 18.9 Å². The fraction of sp³-hybridized carbons (Fsp3) is 0.600. The summed E-state index contributed by atoms with van der Waals surface area (Å²) in [5.41, 5.74) is 0. The van der Waals surface area contributed by atoms with Crippen LogP contribution in [-0.2, 0) is 18.9 Å².